The molecule has 1 N–H and O–H groups in total. The minimum absolute atomic E-state index is 0.0195. The number of hydrogen-bond donors (Lipinski definition) is 1. The molecular weight excluding hydrogens is 390 g/mol. The van der Waals surface area contributed by atoms with Crippen molar-refractivity contribution < 1.29 is 13.2 Å². The number of nitrogens with one attached hydrogen (secondary N) is 1. The Balaban J connectivity index is 1.82. The lowest BCUT2D eigenvalue weighted by molar-refractivity contribution is -0.119. The molecule has 0 fully saturated rings. The van der Waals surface area contributed by atoms with E-state index in [0.717, 1.165) is 28.1 Å². The molecule has 29 heavy (non-hydrogen) atoms. The second-order valence-electron chi connectivity index (χ2n) is 7.35. The summed E-state index contributed by atoms with van der Waals surface area (Å²) >= 11 is 0. The van der Waals surface area contributed by atoms with E-state index in [1.165, 1.54) is 6.33 Å². The first-order chi connectivity index (χ1) is 13.5. The van der Waals surface area contributed by atoms with Crippen molar-refractivity contribution in [2.45, 2.75) is 59.3 Å². The highest BCUT2D eigenvalue weighted by molar-refractivity contribution is 7.90. The first-order valence-electron chi connectivity index (χ1n) is 9.31. The Labute approximate surface area is 170 Å². The summed E-state index contributed by atoms with van der Waals surface area (Å²) in [5, 5.41) is 4.13. The van der Waals surface area contributed by atoms with Crippen LogP contribution in [0.1, 0.15) is 45.6 Å². The fourth-order valence-electron chi connectivity index (χ4n) is 3.59. The van der Waals surface area contributed by atoms with Crippen molar-refractivity contribution in [3.05, 3.63) is 51.6 Å². The van der Waals surface area contributed by atoms with Crippen LogP contribution in [-0.2, 0) is 21.2 Å². The van der Waals surface area contributed by atoms with E-state index >= 15 is 0 Å². The fourth-order valence-corrected chi connectivity index (χ4v) is 5.22. The molecule has 0 radical (unpaired) electrons. The van der Waals surface area contributed by atoms with Gasteiger partial charge in [-0.2, -0.15) is 10.1 Å². The van der Waals surface area contributed by atoms with Crippen LogP contribution in [0.2, 0.25) is 0 Å². The summed E-state index contributed by atoms with van der Waals surface area (Å²) in [5.74, 6) is -0.0583. The van der Waals surface area contributed by atoms with Crippen molar-refractivity contribution in [3.63, 3.8) is 0 Å². The van der Waals surface area contributed by atoms with Crippen LogP contribution in [0.4, 0.5) is 0 Å². The zero-order valence-electron chi connectivity index (χ0n) is 17.5. The van der Waals surface area contributed by atoms with Gasteiger partial charge in [-0.05, 0) is 75.8 Å². The van der Waals surface area contributed by atoms with Crippen molar-refractivity contribution in [1.82, 2.24) is 24.3 Å². The molecule has 3 rings (SSSR count). The quantitative estimate of drug-likeness (QED) is 0.686. The Bertz CT molecular complexity index is 1200. The molecule has 0 spiro atoms. The summed E-state index contributed by atoms with van der Waals surface area (Å²) in [4.78, 5) is 21.1. The molecule has 0 atom stereocenters. The minimum atomic E-state index is -3.96. The number of sulfonamides is 1. The van der Waals surface area contributed by atoms with Crippen LogP contribution in [0, 0.1) is 41.5 Å². The van der Waals surface area contributed by atoms with Gasteiger partial charge >= 0.3 is 0 Å². The molecule has 2 aromatic heterocycles. The molecule has 0 saturated carbocycles. The summed E-state index contributed by atoms with van der Waals surface area (Å²) in [6.07, 6.45) is 1.80. The number of benzene rings is 1. The monoisotopic (exact) mass is 415 g/mol. The molecule has 0 bridgehead atoms. The topological polar surface area (TPSA) is 106 Å². The Morgan fingerprint density at radius 2 is 1.69 bits per heavy atom. The molecule has 0 saturated heterocycles. The van der Waals surface area contributed by atoms with E-state index in [9.17, 15) is 13.2 Å². The minimum Gasteiger partial charge on any atom is -0.274 e. The largest absolute Gasteiger partial charge is 0.274 e. The van der Waals surface area contributed by atoms with Crippen molar-refractivity contribution in [1.29, 1.82) is 0 Å². The van der Waals surface area contributed by atoms with E-state index in [0.29, 0.717) is 23.3 Å². The fraction of sp³-hybridized carbons (Fsp3) is 0.400. The lowest BCUT2D eigenvalue weighted by Crippen LogP contribution is -2.32. The van der Waals surface area contributed by atoms with E-state index in [4.69, 9.17) is 0 Å². The highest BCUT2D eigenvalue weighted by Gasteiger charge is 2.24. The molecule has 0 aliphatic rings. The Morgan fingerprint density at radius 1 is 1.07 bits per heavy atom. The average Bonchev–Trinajstić information content (AvgIpc) is 3.07. The van der Waals surface area contributed by atoms with Gasteiger partial charge in [0.15, 0.2) is 0 Å². The number of carbonyl (C=O) groups excluding carboxylic acids is 1. The molecule has 2 heterocycles. The van der Waals surface area contributed by atoms with Crippen LogP contribution in [0.25, 0.3) is 5.78 Å². The molecule has 0 unspecified atom stereocenters. The van der Waals surface area contributed by atoms with E-state index in [1.54, 1.807) is 18.4 Å². The molecule has 3 aromatic rings. The van der Waals surface area contributed by atoms with E-state index in [1.807, 2.05) is 33.8 Å². The van der Waals surface area contributed by atoms with Crippen molar-refractivity contribution >= 4 is 21.7 Å². The number of aryl methyl sites for hydroxylation is 4. The molecule has 9 heteroatoms. The third-order valence-electron chi connectivity index (χ3n) is 5.40. The summed E-state index contributed by atoms with van der Waals surface area (Å²) in [6.45, 7) is 11.0. The Morgan fingerprint density at radius 3 is 2.31 bits per heavy atom. The van der Waals surface area contributed by atoms with Crippen molar-refractivity contribution in [2.24, 2.45) is 0 Å². The SMILES string of the molecule is Cc1cc(C)c(C)c(S(=O)(=O)NC(=O)CCc2c(C)nc3ncnn3c2C)c1C. The molecule has 1 aromatic carbocycles. The number of amides is 1. The second-order valence-corrected chi connectivity index (χ2v) is 8.97. The van der Waals surface area contributed by atoms with Gasteiger partial charge in [-0.15, -0.1) is 0 Å². The lowest BCUT2D eigenvalue weighted by atomic mass is 10.0. The van der Waals surface area contributed by atoms with Crippen LogP contribution < -0.4 is 4.72 Å². The predicted octanol–water partition coefficient (Wildman–Crippen LogP) is 2.41. The van der Waals surface area contributed by atoms with Crippen LogP contribution in [0.5, 0.6) is 0 Å². The maximum atomic E-state index is 12.9. The zero-order valence-corrected chi connectivity index (χ0v) is 18.3. The predicted molar refractivity (Wildman–Crippen MR) is 109 cm³/mol. The zero-order chi connectivity index (χ0) is 21.5. The maximum Gasteiger partial charge on any atom is 0.264 e. The number of fused-ring (bicyclic) bond motifs is 1. The number of hydrogen-bond acceptors (Lipinski definition) is 6. The molecule has 1 amide bonds. The van der Waals surface area contributed by atoms with Gasteiger partial charge < -0.3 is 0 Å². The first kappa shape index (κ1) is 20.9. The van der Waals surface area contributed by atoms with Gasteiger partial charge in [0.05, 0.1) is 4.90 Å². The van der Waals surface area contributed by atoms with Crippen molar-refractivity contribution in [3.8, 4) is 0 Å². The summed E-state index contributed by atoms with van der Waals surface area (Å²) in [5.41, 5.74) is 5.50. The van der Waals surface area contributed by atoms with Crippen LogP contribution >= 0.6 is 0 Å². The van der Waals surface area contributed by atoms with Crippen LogP contribution in [-0.4, -0.2) is 33.9 Å². The van der Waals surface area contributed by atoms with Gasteiger partial charge in [-0.1, -0.05) is 6.07 Å². The number of aromatic nitrogens is 4. The first-order valence-corrected chi connectivity index (χ1v) is 10.8. The van der Waals surface area contributed by atoms with E-state index in [-0.39, 0.29) is 11.3 Å². The normalized spacial score (nSPS) is 11.8. The molecule has 0 aliphatic heterocycles. The highest BCUT2D eigenvalue weighted by atomic mass is 32.2. The molecular formula is C20H25N5O3S. The van der Waals surface area contributed by atoms with Gasteiger partial charge in [-0.25, -0.2) is 22.6 Å². The molecule has 154 valence electrons. The number of carbonyl (C=O) groups is 1. The lowest BCUT2D eigenvalue weighted by Gasteiger charge is -2.16. The second kappa shape index (κ2) is 7.55. The maximum absolute atomic E-state index is 12.9. The smallest absolute Gasteiger partial charge is 0.264 e. The van der Waals surface area contributed by atoms with Gasteiger partial charge in [0.25, 0.3) is 15.8 Å². The summed E-state index contributed by atoms with van der Waals surface area (Å²) < 4.78 is 29.7. The number of rotatable bonds is 5. The van der Waals surface area contributed by atoms with Gasteiger partial charge in [0, 0.05) is 17.8 Å². The van der Waals surface area contributed by atoms with E-state index in [2.05, 4.69) is 19.8 Å². The number of nitrogens with zero attached hydrogens (tertiary/aromatic N) is 4. The Hall–Kier alpha value is -2.81. The van der Waals surface area contributed by atoms with E-state index < -0.39 is 15.9 Å². The summed E-state index contributed by atoms with van der Waals surface area (Å²) in [7, 11) is -3.96. The van der Waals surface area contributed by atoms with Crippen molar-refractivity contribution in [2.75, 3.05) is 0 Å². The molecule has 8 nitrogen and oxygen atoms in total. The third kappa shape index (κ3) is 3.87. The van der Waals surface area contributed by atoms with Gasteiger partial charge in [0.1, 0.15) is 6.33 Å². The Kier molecular flexibility index (Phi) is 5.44. The van der Waals surface area contributed by atoms with Crippen LogP contribution in [0.3, 0.4) is 0 Å². The standard InChI is InChI=1S/C20H25N5O3S/c1-11-9-12(2)14(4)19(13(11)3)29(27,28)24-18(26)8-7-17-15(5)23-20-21-10-22-25(20)16(17)6/h9-10H,7-8H2,1-6H3,(H,24,26). The molecule has 0 aliphatic carbocycles. The van der Waals surface area contributed by atoms with Gasteiger partial charge in [-0.3, -0.25) is 4.79 Å². The highest BCUT2D eigenvalue weighted by Crippen LogP contribution is 2.26. The average molecular weight is 416 g/mol. The van der Waals surface area contributed by atoms with Crippen LogP contribution in [0.15, 0.2) is 17.3 Å². The third-order valence-corrected chi connectivity index (χ3v) is 7.05. The summed E-state index contributed by atoms with van der Waals surface area (Å²) in [6, 6.07) is 1.95. The van der Waals surface area contributed by atoms with Gasteiger partial charge in [0.2, 0.25) is 5.91 Å².